The summed E-state index contributed by atoms with van der Waals surface area (Å²) in [5.74, 6) is 0.922. The van der Waals surface area contributed by atoms with Crippen molar-refractivity contribution in [2.45, 2.75) is 51.5 Å². The summed E-state index contributed by atoms with van der Waals surface area (Å²) in [6.45, 7) is 0.560. The van der Waals surface area contributed by atoms with Gasteiger partial charge in [-0.3, -0.25) is 9.78 Å². The number of aromatic nitrogens is 1. The zero-order chi connectivity index (χ0) is 15.9. The van der Waals surface area contributed by atoms with Crippen LogP contribution >= 0.6 is 11.3 Å². The molecule has 1 aliphatic rings. The second-order valence-electron chi connectivity index (χ2n) is 6.31. The van der Waals surface area contributed by atoms with Crippen molar-refractivity contribution in [3.63, 3.8) is 0 Å². The van der Waals surface area contributed by atoms with Gasteiger partial charge in [-0.25, -0.2) is 0 Å². The average molecular weight is 328 g/mol. The fraction of sp³-hybridized carbons (Fsp3) is 0.474. The van der Waals surface area contributed by atoms with Gasteiger partial charge in [-0.1, -0.05) is 44.2 Å². The number of carbonyl (C=O) groups is 1. The second-order valence-corrected chi connectivity index (χ2v) is 7.26. The Bertz CT molecular complexity index is 618. The largest absolute Gasteiger partial charge is 0.352 e. The van der Waals surface area contributed by atoms with Gasteiger partial charge in [0.05, 0.1) is 10.6 Å². The first-order chi connectivity index (χ1) is 11.3. The highest BCUT2D eigenvalue weighted by Crippen LogP contribution is 2.27. The number of hydrogen-bond donors (Lipinski definition) is 1. The van der Waals surface area contributed by atoms with E-state index in [2.05, 4.69) is 21.7 Å². The van der Waals surface area contributed by atoms with Gasteiger partial charge in [-0.15, -0.1) is 11.3 Å². The van der Waals surface area contributed by atoms with Gasteiger partial charge in [-0.2, -0.15) is 0 Å². The van der Waals surface area contributed by atoms with Gasteiger partial charge in [0.2, 0.25) is 5.91 Å². The first-order valence-electron chi connectivity index (χ1n) is 8.57. The Hall–Kier alpha value is -1.68. The molecule has 0 unspecified atom stereocenters. The second kappa shape index (κ2) is 8.25. The summed E-state index contributed by atoms with van der Waals surface area (Å²) in [6, 6.07) is 8.08. The van der Waals surface area contributed by atoms with E-state index in [0.717, 1.165) is 28.5 Å². The van der Waals surface area contributed by atoms with Gasteiger partial charge in [0.1, 0.15) is 0 Å². The number of thiophene rings is 1. The monoisotopic (exact) mass is 328 g/mol. The Kier molecular flexibility index (Phi) is 5.81. The molecule has 0 saturated heterocycles. The van der Waals surface area contributed by atoms with Crippen LogP contribution in [0.25, 0.3) is 10.6 Å². The minimum Gasteiger partial charge on any atom is -0.352 e. The zero-order valence-electron chi connectivity index (χ0n) is 13.5. The minimum atomic E-state index is 0.163. The lowest BCUT2D eigenvalue weighted by atomic mass is 9.86. The van der Waals surface area contributed by atoms with Gasteiger partial charge in [0, 0.05) is 19.2 Å². The van der Waals surface area contributed by atoms with E-state index < -0.39 is 0 Å². The van der Waals surface area contributed by atoms with Crippen LogP contribution in [-0.4, -0.2) is 10.9 Å². The first-order valence-corrected chi connectivity index (χ1v) is 9.45. The lowest BCUT2D eigenvalue weighted by Gasteiger charge is -2.21. The van der Waals surface area contributed by atoms with Crippen LogP contribution in [0.1, 0.15) is 50.5 Å². The molecule has 0 bridgehead atoms. The molecule has 2 aromatic rings. The molecule has 1 aliphatic carbocycles. The van der Waals surface area contributed by atoms with Crippen molar-refractivity contribution in [2.75, 3.05) is 0 Å². The molecule has 3 nitrogen and oxygen atoms in total. The SMILES string of the molecule is O=C(CCC1CCCCC1)NCc1cccnc1-c1cccs1. The number of nitrogens with one attached hydrogen (secondary N) is 1. The highest BCUT2D eigenvalue weighted by molar-refractivity contribution is 7.13. The summed E-state index contributed by atoms with van der Waals surface area (Å²) in [5, 5.41) is 5.12. The van der Waals surface area contributed by atoms with Crippen LogP contribution in [-0.2, 0) is 11.3 Å². The van der Waals surface area contributed by atoms with Gasteiger partial charge >= 0.3 is 0 Å². The molecule has 2 heterocycles. The fourth-order valence-corrected chi connectivity index (χ4v) is 4.07. The molecule has 23 heavy (non-hydrogen) atoms. The highest BCUT2D eigenvalue weighted by Gasteiger charge is 2.15. The Morgan fingerprint density at radius 1 is 1.22 bits per heavy atom. The van der Waals surface area contributed by atoms with Crippen molar-refractivity contribution < 1.29 is 4.79 Å². The molecule has 122 valence electrons. The van der Waals surface area contributed by atoms with E-state index in [4.69, 9.17) is 0 Å². The number of amides is 1. The number of rotatable bonds is 6. The zero-order valence-corrected chi connectivity index (χ0v) is 14.3. The molecule has 0 aromatic carbocycles. The standard InChI is InChI=1S/C19H24N2OS/c22-18(11-10-15-6-2-1-3-7-15)21-14-16-8-4-12-20-19(16)17-9-5-13-23-17/h4-5,8-9,12-13,15H,1-3,6-7,10-11,14H2,(H,21,22). The topological polar surface area (TPSA) is 42.0 Å². The number of nitrogens with zero attached hydrogens (tertiary/aromatic N) is 1. The molecule has 3 rings (SSSR count). The summed E-state index contributed by atoms with van der Waals surface area (Å²) in [4.78, 5) is 17.8. The van der Waals surface area contributed by atoms with Crippen molar-refractivity contribution in [1.82, 2.24) is 10.3 Å². The molecule has 1 fully saturated rings. The summed E-state index contributed by atoms with van der Waals surface area (Å²) >= 11 is 1.68. The van der Waals surface area contributed by atoms with Crippen molar-refractivity contribution >= 4 is 17.2 Å². The minimum absolute atomic E-state index is 0.163. The molecule has 0 radical (unpaired) electrons. The normalized spacial score (nSPS) is 15.5. The molecule has 1 saturated carbocycles. The number of hydrogen-bond acceptors (Lipinski definition) is 3. The Labute approximate surface area is 142 Å². The van der Waals surface area contributed by atoms with Gasteiger partial charge in [0.25, 0.3) is 0 Å². The molecule has 4 heteroatoms. The van der Waals surface area contributed by atoms with Crippen LogP contribution < -0.4 is 5.32 Å². The molecule has 0 atom stereocenters. The summed E-state index contributed by atoms with van der Waals surface area (Å²) < 4.78 is 0. The first kappa shape index (κ1) is 16.2. The number of carbonyl (C=O) groups excluding carboxylic acids is 1. The molecule has 1 amide bonds. The summed E-state index contributed by atoms with van der Waals surface area (Å²) in [5.41, 5.74) is 2.07. The predicted octanol–water partition coefficient (Wildman–Crippen LogP) is 4.79. The lowest BCUT2D eigenvalue weighted by Crippen LogP contribution is -2.24. The third kappa shape index (κ3) is 4.64. The third-order valence-electron chi connectivity index (χ3n) is 4.63. The highest BCUT2D eigenvalue weighted by atomic mass is 32.1. The maximum atomic E-state index is 12.1. The van der Waals surface area contributed by atoms with Crippen LogP contribution in [0.3, 0.4) is 0 Å². The molecule has 2 aromatic heterocycles. The number of pyridine rings is 1. The van der Waals surface area contributed by atoms with E-state index >= 15 is 0 Å². The third-order valence-corrected chi connectivity index (χ3v) is 5.50. The summed E-state index contributed by atoms with van der Waals surface area (Å²) in [6.07, 6.45) is 10.2. The van der Waals surface area contributed by atoms with Crippen molar-refractivity contribution in [2.24, 2.45) is 5.92 Å². The Morgan fingerprint density at radius 3 is 2.87 bits per heavy atom. The van der Waals surface area contributed by atoms with E-state index in [1.807, 2.05) is 24.4 Å². The Morgan fingerprint density at radius 2 is 2.09 bits per heavy atom. The predicted molar refractivity (Wildman–Crippen MR) is 95.2 cm³/mol. The van der Waals surface area contributed by atoms with Gasteiger partial charge in [-0.05, 0) is 35.4 Å². The van der Waals surface area contributed by atoms with Crippen molar-refractivity contribution in [1.29, 1.82) is 0 Å². The van der Waals surface area contributed by atoms with Crippen LogP contribution in [0, 0.1) is 5.92 Å². The summed E-state index contributed by atoms with van der Waals surface area (Å²) in [7, 11) is 0. The van der Waals surface area contributed by atoms with E-state index in [9.17, 15) is 4.79 Å². The van der Waals surface area contributed by atoms with Gasteiger partial charge < -0.3 is 5.32 Å². The lowest BCUT2D eigenvalue weighted by molar-refractivity contribution is -0.121. The molecule has 1 N–H and O–H groups in total. The van der Waals surface area contributed by atoms with Crippen LogP contribution in [0.15, 0.2) is 35.8 Å². The fourth-order valence-electron chi connectivity index (χ4n) is 3.31. The van der Waals surface area contributed by atoms with Gasteiger partial charge in [0.15, 0.2) is 0 Å². The maximum absolute atomic E-state index is 12.1. The molecule has 0 spiro atoms. The van der Waals surface area contributed by atoms with E-state index in [1.165, 1.54) is 32.1 Å². The molecular formula is C19H24N2OS. The quantitative estimate of drug-likeness (QED) is 0.828. The van der Waals surface area contributed by atoms with E-state index in [-0.39, 0.29) is 5.91 Å². The van der Waals surface area contributed by atoms with E-state index in [1.54, 1.807) is 11.3 Å². The molecule has 0 aliphatic heterocycles. The maximum Gasteiger partial charge on any atom is 0.220 e. The van der Waals surface area contributed by atoms with Crippen LogP contribution in [0.4, 0.5) is 0 Å². The van der Waals surface area contributed by atoms with E-state index in [0.29, 0.717) is 13.0 Å². The van der Waals surface area contributed by atoms with Crippen LogP contribution in [0.2, 0.25) is 0 Å². The smallest absolute Gasteiger partial charge is 0.220 e. The van der Waals surface area contributed by atoms with Crippen LogP contribution in [0.5, 0.6) is 0 Å². The average Bonchev–Trinajstić information content (AvgIpc) is 3.14. The Balaban J connectivity index is 1.51. The van der Waals surface area contributed by atoms with Crippen molar-refractivity contribution in [3.05, 3.63) is 41.4 Å². The van der Waals surface area contributed by atoms with Crippen molar-refractivity contribution in [3.8, 4) is 10.6 Å². The molecular weight excluding hydrogens is 304 g/mol.